The fraction of sp³-hybridized carbons (Fsp3) is 0.467. The van der Waals surface area contributed by atoms with Crippen molar-refractivity contribution in [1.29, 1.82) is 0 Å². The van der Waals surface area contributed by atoms with Crippen molar-refractivity contribution in [3.05, 3.63) is 46.6 Å². The van der Waals surface area contributed by atoms with Crippen molar-refractivity contribution in [2.75, 3.05) is 20.8 Å². The van der Waals surface area contributed by atoms with Crippen LogP contribution >= 0.6 is 12.6 Å². The molecular weight excluding hydrogens is 245 g/mol. The Morgan fingerprint density at radius 3 is 2.39 bits per heavy atom. The van der Waals surface area contributed by atoms with Crippen molar-refractivity contribution in [1.82, 2.24) is 4.90 Å². The van der Waals surface area contributed by atoms with Crippen molar-refractivity contribution in [3.8, 4) is 0 Å². The van der Waals surface area contributed by atoms with Gasteiger partial charge in [0.25, 0.3) is 0 Å². The van der Waals surface area contributed by atoms with Crippen molar-refractivity contribution in [2.45, 2.75) is 26.7 Å². The van der Waals surface area contributed by atoms with E-state index in [-0.39, 0.29) is 6.67 Å². The summed E-state index contributed by atoms with van der Waals surface area (Å²) in [6.07, 6.45) is 11.3. The van der Waals surface area contributed by atoms with Crippen molar-refractivity contribution in [3.63, 3.8) is 0 Å². The van der Waals surface area contributed by atoms with Gasteiger partial charge < -0.3 is 4.90 Å². The molecule has 0 spiro atoms. The van der Waals surface area contributed by atoms with Gasteiger partial charge in [-0.15, -0.1) is 12.6 Å². The highest BCUT2D eigenvalue weighted by Gasteiger charge is 2.01. The largest absolute Gasteiger partial charge is 0.383 e. The molecule has 3 heteroatoms. The van der Waals surface area contributed by atoms with Gasteiger partial charge in [0.2, 0.25) is 0 Å². The van der Waals surface area contributed by atoms with Crippen LogP contribution in [0.25, 0.3) is 0 Å². The van der Waals surface area contributed by atoms with Crippen molar-refractivity contribution < 1.29 is 4.39 Å². The van der Waals surface area contributed by atoms with E-state index >= 15 is 0 Å². The number of hydrogen-bond donors (Lipinski definition) is 1. The molecule has 0 saturated carbocycles. The summed E-state index contributed by atoms with van der Waals surface area (Å²) in [6, 6.07) is 0. The minimum Gasteiger partial charge on any atom is -0.383 e. The number of alkyl halides is 1. The fourth-order valence-corrected chi connectivity index (χ4v) is 1.94. The maximum absolute atomic E-state index is 12.2. The van der Waals surface area contributed by atoms with Gasteiger partial charge in [-0.3, -0.25) is 4.39 Å². The van der Waals surface area contributed by atoms with Crippen LogP contribution in [0.4, 0.5) is 4.39 Å². The second kappa shape index (κ2) is 10.0. The molecule has 102 valence electrons. The Morgan fingerprint density at radius 1 is 1.28 bits per heavy atom. The number of halogens is 1. The van der Waals surface area contributed by atoms with E-state index in [1.807, 2.05) is 63.3 Å². The van der Waals surface area contributed by atoms with Crippen molar-refractivity contribution >= 4 is 12.6 Å². The lowest BCUT2D eigenvalue weighted by molar-refractivity contribution is 0.473. The highest BCUT2D eigenvalue weighted by molar-refractivity contribution is 7.84. The van der Waals surface area contributed by atoms with E-state index in [2.05, 4.69) is 12.6 Å². The Labute approximate surface area is 116 Å². The first-order valence-corrected chi connectivity index (χ1v) is 6.63. The van der Waals surface area contributed by atoms with E-state index in [1.54, 1.807) is 0 Å². The summed E-state index contributed by atoms with van der Waals surface area (Å²) in [5.74, 6) is 0. The van der Waals surface area contributed by atoms with E-state index in [0.717, 1.165) is 22.5 Å². The van der Waals surface area contributed by atoms with E-state index in [9.17, 15) is 4.39 Å². The topological polar surface area (TPSA) is 3.24 Å². The van der Waals surface area contributed by atoms with E-state index in [0.29, 0.717) is 6.42 Å². The fourth-order valence-electron chi connectivity index (χ4n) is 1.55. The average molecular weight is 269 g/mol. The molecule has 0 aliphatic carbocycles. The summed E-state index contributed by atoms with van der Waals surface area (Å²) in [4.78, 5) is 2.89. The predicted octanol–water partition coefficient (Wildman–Crippen LogP) is 4.52. The molecule has 0 aliphatic heterocycles. The molecule has 0 heterocycles. The molecule has 0 aromatic rings. The molecule has 0 aliphatic rings. The van der Waals surface area contributed by atoms with Crippen molar-refractivity contribution in [2.24, 2.45) is 0 Å². The summed E-state index contributed by atoms with van der Waals surface area (Å²) in [7, 11) is 3.96. The van der Waals surface area contributed by atoms with Crippen LogP contribution in [0.2, 0.25) is 0 Å². The number of hydrogen-bond acceptors (Lipinski definition) is 2. The maximum atomic E-state index is 12.2. The summed E-state index contributed by atoms with van der Waals surface area (Å²) < 4.78 is 12.2. The lowest BCUT2D eigenvalue weighted by Crippen LogP contribution is -2.01. The molecule has 0 rings (SSSR count). The van der Waals surface area contributed by atoms with Gasteiger partial charge in [-0.2, -0.15) is 0 Å². The second-order valence-corrected chi connectivity index (χ2v) is 4.71. The summed E-state index contributed by atoms with van der Waals surface area (Å²) >= 11 is 4.51. The molecule has 0 fully saturated rings. The van der Waals surface area contributed by atoms with Crippen LogP contribution in [0.5, 0.6) is 0 Å². The number of allylic oxidation sites excluding steroid dienone is 6. The van der Waals surface area contributed by atoms with Gasteiger partial charge in [0.1, 0.15) is 0 Å². The summed E-state index contributed by atoms with van der Waals surface area (Å²) in [6.45, 7) is 3.66. The van der Waals surface area contributed by atoms with Crippen LogP contribution in [0, 0.1) is 0 Å². The zero-order valence-corrected chi connectivity index (χ0v) is 12.7. The summed E-state index contributed by atoms with van der Waals surface area (Å²) in [5, 5.41) is 0. The second-order valence-electron chi connectivity index (χ2n) is 4.23. The van der Waals surface area contributed by atoms with Crippen LogP contribution in [-0.2, 0) is 0 Å². The molecule has 0 bridgehead atoms. The van der Waals surface area contributed by atoms with Gasteiger partial charge in [-0.1, -0.05) is 18.2 Å². The standard InChI is InChI=1S/C15H24FNS/c1-5-8-13(12-17(3)4)11-15(18)14(6-2)9-7-10-16/h5-6,8,11-12,18H,7,9-10H2,1-4H3/b8-5+,13-12+,14-6-,15-11+. The third-order valence-electron chi connectivity index (χ3n) is 2.33. The van der Waals surface area contributed by atoms with Crippen LogP contribution in [0.3, 0.4) is 0 Å². The highest BCUT2D eigenvalue weighted by atomic mass is 32.1. The summed E-state index contributed by atoms with van der Waals surface area (Å²) in [5.41, 5.74) is 2.16. The van der Waals surface area contributed by atoms with E-state index in [4.69, 9.17) is 0 Å². The Kier molecular flexibility index (Phi) is 9.47. The van der Waals surface area contributed by atoms with Crippen LogP contribution in [-0.4, -0.2) is 25.7 Å². The molecule has 0 unspecified atom stereocenters. The molecule has 0 saturated heterocycles. The van der Waals surface area contributed by atoms with Gasteiger partial charge in [0, 0.05) is 25.2 Å². The first kappa shape index (κ1) is 17.0. The average Bonchev–Trinajstić information content (AvgIpc) is 2.29. The lowest BCUT2D eigenvalue weighted by atomic mass is 10.1. The van der Waals surface area contributed by atoms with Gasteiger partial charge in [-0.25, -0.2) is 0 Å². The van der Waals surface area contributed by atoms with E-state index < -0.39 is 0 Å². The molecule has 0 radical (unpaired) electrons. The number of nitrogens with zero attached hydrogens (tertiary/aromatic N) is 1. The molecule has 18 heavy (non-hydrogen) atoms. The SMILES string of the molecule is C\C=C(CCCF)/C(S)=C\C(\C=C\C)=C\N(C)C. The molecule has 0 aromatic carbocycles. The lowest BCUT2D eigenvalue weighted by Gasteiger charge is -2.09. The normalized spacial score (nSPS) is 14.4. The first-order chi connectivity index (χ1) is 8.54. The van der Waals surface area contributed by atoms with Crippen LogP contribution in [0.1, 0.15) is 26.7 Å². The molecule has 1 nitrogen and oxygen atoms in total. The molecule has 0 amide bonds. The van der Waals surface area contributed by atoms with Gasteiger partial charge in [-0.05, 0) is 43.9 Å². The minimum absolute atomic E-state index is 0.284. The molecule has 0 atom stereocenters. The Balaban J connectivity index is 4.99. The Hall–Kier alpha value is -0.960. The first-order valence-electron chi connectivity index (χ1n) is 6.18. The smallest absolute Gasteiger partial charge is 0.0897 e. The zero-order chi connectivity index (χ0) is 14.0. The monoisotopic (exact) mass is 269 g/mol. The van der Waals surface area contributed by atoms with Crippen LogP contribution in [0.15, 0.2) is 46.6 Å². The molecule has 0 aromatic heterocycles. The highest BCUT2D eigenvalue weighted by Crippen LogP contribution is 2.21. The van der Waals surface area contributed by atoms with Gasteiger partial charge in [0.05, 0.1) is 6.67 Å². The minimum atomic E-state index is -0.284. The zero-order valence-electron chi connectivity index (χ0n) is 11.8. The van der Waals surface area contributed by atoms with Crippen LogP contribution < -0.4 is 0 Å². The molecule has 0 N–H and O–H groups in total. The Bertz CT molecular complexity index is 352. The Morgan fingerprint density at radius 2 is 1.94 bits per heavy atom. The predicted molar refractivity (Wildman–Crippen MR) is 82.6 cm³/mol. The third kappa shape index (κ3) is 7.38. The van der Waals surface area contributed by atoms with E-state index in [1.165, 1.54) is 0 Å². The number of rotatable bonds is 7. The quantitative estimate of drug-likeness (QED) is 0.525. The maximum Gasteiger partial charge on any atom is 0.0897 e. The van der Waals surface area contributed by atoms with Gasteiger partial charge >= 0.3 is 0 Å². The third-order valence-corrected chi connectivity index (χ3v) is 2.74. The van der Waals surface area contributed by atoms with Gasteiger partial charge in [0.15, 0.2) is 0 Å². The molecular formula is C15H24FNS. The number of thiol groups is 1.